The zero-order valence-electron chi connectivity index (χ0n) is 13.1. The second kappa shape index (κ2) is 6.20. The van der Waals surface area contributed by atoms with Gasteiger partial charge in [-0.25, -0.2) is 4.98 Å². The van der Waals surface area contributed by atoms with E-state index in [0.29, 0.717) is 11.5 Å². The van der Waals surface area contributed by atoms with Crippen LogP contribution in [0.1, 0.15) is 34.1 Å². The summed E-state index contributed by atoms with van der Waals surface area (Å²) in [5.74, 6) is 0.399. The van der Waals surface area contributed by atoms with Gasteiger partial charge in [-0.1, -0.05) is 12.1 Å². The third-order valence-electron chi connectivity index (χ3n) is 4.47. The lowest BCUT2D eigenvalue weighted by Gasteiger charge is -2.31. The molecule has 1 aromatic carbocycles. The molecule has 3 aromatic rings. The van der Waals surface area contributed by atoms with Crippen LogP contribution in [0.5, 0.6) is 0 Å². The first-order valence-corrected chi connectivity index (χ1v) is 8.86. The van der Waals surface area contributed by atoms with Crippen LogP contribution in [0.15, 0.2) is 47.4 Å². The summed E-state index contributed by atoms with van der Waals surface area (Å²) in [5, 5.41) is 1.17. The lowest BCUT2D eigenvalue weighted by Crippen LogP contribution is -2.38. The minimum absolute atomic E-state index is 0.0194. The van der Waals surface area contributed by atoms with E-state index in [1.807, 2.05) is 23.1 Å². The SMILES string of the molecule is O=C(c1ccc(=O)[nH]c1)N1CCC(c2nc3ccccc3s2)CC1. The van der Waals surface area contributed by atoms with Gasteiger partial charge in [-0.05, 0) is 31.0 Å². The molecule has 2 aromatic heterocycles. The van der Waals surface area contributed by atoms with Crippen molar-refractivity contribution >= 4 is 27.5 Å². The van der Waals surface area contributed by atoms with Gasteiger partial charge in [0, 0.05) is 31.3 Å². The number of likely N-dealkylation sites (tertiary alicyclic amines) is 1. The molecule has 1 saturated heterocycles. The predicted octanol–water partition coefficient (Wildman–Crippen LogP) is 3.00. The highest BCUT2D eigenvalue weighted by atomic mass is 32.1. The summed E-state index contributed by atoms with van der Waals surface area (Å²) in [6, 6.07) is 11.2. The lowest BCUT2D eigenvalue weighted by atomic mass is 9.97. The Morgan fingerprint density at radius 2 is 1.96 bits per heavy atom. The molecule has 1 amide bonds. The monoisotopic (exact) mass is 339 g/mol. The summed E-state index contributed by atoms with van der Waals surface area (Å²) in [7, 11) is 0. The van der Waals surface area contributed by atoms with Gasteiger partial charge in [-0.15, -0.1) is 11.3 Å². The number of piperidine rings is 1. The number of thiazole rings is 1. The van der Waals surface area contributed by atoms with E-state index in [4.69, 9.17) is 4.98 Å². The van der Waals surface area contributed by atoms with Crippen molar-refractivity contribution in [1.82, 2.24) is 14.9 Å². The number of hydrogen-bond donors (Lipinski definition) is 1. The molecule has 3 heterocycles. The van der Waals surface area contributed by atoms with Gasteiger partial charge in [0.1, 0.15) is 0 Å². The number of H-pyrrole nitrogens is 1. The van der Waals surface area contributed by atoms with E-state index in [1.54, 1.807) is 17.4 Å². The molecule has 4 rings (SSSR count). The zero-order chi connectivity index (χ0) is 16.5. The van der Waals surface area contributed by atoms with Crippen molar-refractivity contribution in [3.63, 3.8) is 0 Å². The Bertz CT molecular complexity index is 885. The highest BCUT2D eigenvalue weighted by Crippen LogP contribution is 2.34. The van der Waals surface area contributed by atoms with Crippen LogP contribution in [-0.4, -0.2) is 33.9 Å². The Balaban J connectivity index is 1.45. The first kappa shape index (κ1) is 15.1. The molecule has 0 bridgehead atoms. The number of pyridine rings is 1. The fourth-order valence-electron chi connectivity index (χ4n) is 3.12. The molecule has 24 heavy (non-hydrogen) atoms. The Morgan fingerprint density at radius 3 is 2.67 bits per heavy atom. The Hall–Kier alpha value is -2.47. The van der Waals surface area contributed by atoms with Crippen molar-refractivity contribution in [1.29, 1.82) is 0 Å². The van der Waals surface area contributed by atoms with E-state index in [-0.39, 0.29) is 11.5 Å². The molecule has 5 nitrogen and oxygen atoms in total. The molecule has 1 aliphatic rings. The number of carbonyl (C=O) groups is 1. The van der Waals surface area contributed by atoms with Crippen LogP contribution >= 0.6 is 11.3 Å². The highest BCUT2D eigenvalue weighted by Gasteiger charge is 2.26. The maximum Gasteiger partial charge on any atom is 0.255 e. The molecule has 0 unspecified atom stereocenters. The van der Waals surface area contributed by atoms with Gasteiger partial charge < -0.3 is 9.88 Å². The molecule has 0 spiro atoms. The number of amides is 1. The Kier molecular flexibility index (Phi) is 3.90. The maximum atomic E-state index is 12.5. The van der Waals surface area contributed by atoms with E-state index in [1.165, 1.54) is 22.0 Å². The minimum atomic E-state index is -0.193. The van der Waals surface area contributed by atoms with Gasteiger partial charge in [-0.3, -0.25) is 9.59 Å². The largest absolute Gasteiger partial charge is 0.339 e. The standard InChI is InChI=1S/C18H17N3O2S/c22-16-6-5-13(11-19-16)18(23)21-9-7-12(8-10-21)17-20-14-3-1-2-4-15(14)24-17/h1-6,11-12H,7-10H2,(H,19,22). The van der Waals surface area contributed by atoms with Crippen molar-refractivity contribution in [2.45, 2.75) is 18.8 Å². The highest BCUT2D eigenvalue weighted by molar-refractivity contribution is 7.18. The van der Waals surface area contributed by atoms with Crippen molar-refractivity contribution in [2.75, 3.05) is 13.1 Å². The minimum Gasteiger partial charge on any atom is -0.339 e. The number of rotatable bonds is 2. The molecular formula is C18H17N3O2S. The normalized spacial score (nSPS) is 15.8. The first-order chi connectivity index (χ1) is 11.7. The Morgan fingerprint density at radius 1 is 1.17 bits per heavy atom. The molecule has 0 radical (unpaired) electrons. The van der Waals surface area contributed by atoms with Crippen molar-refractivity contribution in [3.8, 4) is 0 Å². The fourth-order valence-corrected chi connectivity index (χ4v) is 4.26. The molecule has 0 saturated carbocycles. The predicted molar refractivity (Wildman–Crippen MR) is 94.6 cm³/mol. The molecule has 1 fully saturated rings. The lowest BCUT2D eigenvalue weighted by molar-refractivity contribution is 0.0712. The summed E-state index contributed by atoms with van der Waals surface area (Å²) < 4.78 is 1.22. The van der Waals surface area contributed by atoms with Crippen molar-refractivity contribution in [3.05, 3.63) is 63.5 Å². The average Bonchev–Trinajstić information content (AvgIpc) is 3.06. The third-order valence-corrected chi connectivity index (χ3v) is 5.67. The summed E-state index contributed by atoms with van der Waals surface area (Å²) in [4.78, 5) is 32.8. The number of carbonyl (C=O) groups excluding carboxylic acids is 1. The summed E-state index contributed by atoms with van der Waals surface area (Å²) in [6.07, 6.45) is 3.34. The smallest absolute Gasteiger partial charge is 0.255 e. The van der Waals surface area contributed by atoms with Crippen LogP contribution < -0.4 is 5.56 Å². The van der Waals surface area contributed by atoms with Gasteiger partial charge in [-0.2, -0.15) is 0 Å². The number of aromatic amines is 1. The van der Waals surface area contributed by atoms with Crippen LogP contribution in [0.3, 0.4) is 0 Å². The molecular weight excluding hydrogens is 322 g/mol. The first-order valence-electron chi connectivity index (χ1n) is 8.04. The second-order valence-corrected chi connectivity index (χ2v) is 7.09. The van der Waals surface area contributed by atoms with Crippen LogP contribution in [-0.2, 0) is 0 Å². The number of benzene rings is 1. The van der Waals surface area contributed by atoms with Crippen LogP contribution in [0.25, 0.3) is 10.2 Å². The number of aromatic nitrogens is 2. The third kappa shape index (κ3) is 2.85. The van der Waals surface area contributed by atoms with E-state index in [2.05, 4.69) is 11.1 Å². The van der Waals surface area contributed by atoms with Crippen LogP contribution in [0.4, 0.5) is 0 Å². The molecule has 0 aliphatic carbocycles. The molecule has 0 atom stereocenters. The number of para-hydroxylation sites is 1. The number of nitrogens with zero attached hydrogens (tertiary/aromatic N) is 2. The van der Waals surface area contributed by atoms with E-state index >= 15 is 0 Å². The van der Waals surface area contributed by atoms with Gasteiger partial charge >= 0.3 is 0 Å². The molecule has 6 heteroatoms. The van der Waals surface area contributed by atoms with Crippen LogP contribution in [0.2, 0.25) is 0 Å². The zero-order valence-corrected chi connectivity index (χ0v) is 13.9. The second-order valence-electron chi connectivity index (χ2n) is 6.03. The van der Waals surface area contributed by atoms with E-state index in [9.17, 15) is 9.59 Å². The number of fused-ring (bicyclic) bond motifs is 1. The van der Waals surface area contributed by atoms with Crippen molar-refractivity contribution in [2.24, 2.45) is 0 Å². The summed E-state index contributed by atoms with van der Waals surface area (Å²) >= 11 is 1.76. The molecule has 122 valence electrons. The summed E-state index contributed by atoms with van der Waals surface area (Å²) in [5.41, 5.74) is 1.40. The molecule has 1 aliphatic heterocycles. The quantitative estimate of drug-likeness (QED) is 0.780. The van der Waals surface area contributed by atoms with Gasteiger partial charge in [0.25, 0.3) is 5.91 Å². The van der Waals surface area contributed by atoms with Crippen molar-refractivity contribution < 1.29 is 4.79 Å². The van der Waals surface area contributed by atoms with Gasteiger partial charge in [0.15, 0.2) is 0 Å². The number of nitrogens with one attached hydrogen (secondary N) is 1. The molecule has 1 N–H and O–H groups in total. The van der Waals surface area contributed by atoms with Gasteiger partial charge in [0.2, 0.25) is 5.56 Å². The van der Waals surface area contributed by atoms with Gasteiger partial charge in [0.05, 0.1) is 20.8 Å². The van der Waals surface area contributed by atoms with Crippen LogP contribution in [0, 0.1) is 0 Å². The number of hydrogen-bond acceptors (Lipinski definition) is 4. The van der Waals surface area contributed by atoms with E-state index in [0.717, 1.165) is 31.4 Å². The summed E-state index contributed by atoms with van der Waals surface area (Å²) in [6.45, 7) is 1.44. The Labute approximate surface area is 143 Å². The fraction of sp³-hybridized carbons (Fsp3) is 0.278. The topological polar surface area (TPSA) is 66.1 Å². The van der Waals surface area contributed by atoms with E-state index < -0.39 is 0 Å². The maximum absolute atomic E-state index is 12.5. The average molecular weight is 339 g/mol.